The summed E-state index contributed by atoms with van der Waals surface area (Å²) in [6.45, 7) is 1.16. The van der Waals surface area contributed by atoms with Gasteiger partial charge >= 0.3 is 0 Å². The van der Waals surface area contributed by atoms with Crippen molar-refractivity contribution in [1.29, 1.82) is 0 Å². The zero-order chi connectivity index (χ0) is 17.8. The molecule has 0 aromatic heterocycles. The second-order valence-electron chi connectivity index (χ2n) is 6.09. The summed E-state index contributed by atoms with van der Waals surface area (Å²) < 4.78 is 19.2. The van der Waals surface area contributed by atoms with E-state index in [-0.39, 0.29) is 22.5 Å². The standard InChI is InChI=1S/C19H20ClFN2O2/c1-25-16-7-5-14(6-8-16)22-15-3-2-10-23(12-15)19(24)17-9-4-13(20)11-18(17)21/h4-9,11,15,22H,2-3,10,12H2,1H3/t15-/m0/s1. The SMILES string of the molecule is COc1ccc(N[C@H]2CCCN(C(=O)c3ccc(Cl)cc3F)C2)cc1. The number of carbonyl (C=O) groups excluding carboxylic acids is 1. The van der Waals surface area contributed by atoms with Crippen molar-refractivity contribution in [2.45, 2.75) is 18.9 Å². The number of likely N-dealkylation sites (tertiary alicyclic amines) is 1. The van der Waals surface area contributed by atoms with E-state index in [2.05, 4.69) is 5.32 Å². The molecule has 0 saturated carbocycles. The number of piperidine rings is 1. The third kappa shape index (κ3) is 4.23. The number of rotatable bonds is 4. The molecular weight excluding hydrogens is 343 g/mol. The molecule has 1 atom stereocenters. The van der Waals surface area contributed by atoms with E-state index >= 15 is 0 Å². The summed E-state index contributed by atoms with van der Waals surface area (Å²) in [7, 11) is 1.63. The summed E-state index contributed by atoms with van der Waals surface area (Å²) in [6.07, 6.45) is 1.83. The Bertz CT molecular complexity index is 752. The van der Waals surface area contributed by atoms with Crippen LogP contribution in [0.25, 0.3) is 0 Å². The Balaban J connectivity index is 1.66. The smallest absolute Gasteiger partial charge is 0.256 e. The summed E-state index contributed by atoms with van der Waals surface area (Å²) in [4.78, 5) is 14.3. The topological polar surface area (TPSA) is 41.6 Å². The molecule has 1 aliphatic heterocycles. The zero-order valence-corrected chi connectivity index (χ0v) is 14.7. The lowest BCUT2D eigenvalue weighted by Gasteiger charge is -2.34. The quantitative estimate of drug-likeness (QED) is 0.886. The van der Waals surface area contributed by atoms with Crippen LogP contribution in [0.2, 0.25) is 5.02 Å². The van der Waals surface area contributed by atoms with Crippen molar-refractivity contribution in [3.63, 3.8) is 0 Å². The van der Waals surface area contributed by atoms with Gasteiger partial charge in [0, 0.05) is 29.8 Å². The highest BCUT2D eigenvalue weighted by Crippen LogP contribution is 2.22. The number of hydrogen-bond donors (Lipinski definition) is 1. The third-order valence-corrected chi connectivity index (χ3v) is 4.57. The van der Waals surface area contributed by atoms with Gasteiger partial charge in [-0.05, 0) is 55.3 Å². The average molecular weight is 363 g/mol. The molecule has 2 aromatic rings. The number of amides is 1. The lowest BCUT2D eigenvalue weighted by atomic mass is 10.0. The first kappa shape index (κ1) is 17.5. The fraction of sp³-hybridized carbons (Fsp3) is 0.316. The molecule has 3 rings (SSSR count). The maximum Gasteiger partial charge on any atom is 0.256 e. The fourth-order valence-corrected chi connectivity index (χ4v) is 3.19. The van der Waals surface area contributed by atoms with E-state index in [0.29, 0.717) is 13.1 Å². The molecule has 0 unspecified atom stereocenters. The molecule has 1 heterocycles. The molecule has 25 heavy (non-hydrogen) atoms. The van der Waals surface area contributed by atoms with E-state index in [4.69, 9.17) is 16.3 Å². The molecule has 1 saturated heterocycles. The van der Waals surface area contributed by atoms with Crippen LogP contribution in [0.5, 0.6) is 5.75 Å². The van der Waals surface area contributed by atoms with Gasteiger partial charge in [-0.3, -0.25) is 4.79 Å². The molecule has 132 valence electrons. The number of nitrogens with zero attached hydrogens (tertiary/aromatic N) is 1. The first-order chi connectivity index (χ1) is 12.1. The summed E-state index contributed by atoms with van der Waals surface area (Å²) in [6, 6.07) is 11.9. The second kappa shape index (κ2) is 7.74. The molecule has 1 N–H and O–H groups in total. The van der Waals surface area contributed by atoms with E-state index in [1.54, 1.807) is 12.0 Å². The van der Waals surface area contributed by atoms with E-state index in [1.165, 1.54) is 18.2 Å². The minimum absolute atomic E-state index is 0.0643. The molecule has 0 spiro atoms. The van der Waals surface area contributed by atoms with Gasteiger partial charge in [-0.25, -0.2) is 4.39 Å². The Kier molecular flexibility index (Phi) is 5.43. The first-order valence-corrected chi connectivity index (χ1v) is 8.59. The van der Waals surface area contributed by atoms with Crippen molar-refractivity contribution in [3.05, 3.63) is 58.9 Å². The highest BCUT2D eigenvalue weighted by molar-refractivity contribution is 6.30. The maximum atomic E-state index is 14.0. The van der Waals surface area contributed by atoms with Gasteiger partial charge in [0.15, 0.2) is 0 Å². The van der Waals surface area contributed by atoms with Crippen LogP contribution < -0.4 is 10.1 Å². The molecular formula is C19H20ClFN2O2. The lowest BCUT2D eigenvalue weighted by Crippen LogP contribution is -2.45. The molecule has 6 heteroatoms. The van der Waals surface area contributed by atoms with Crippen molar-refractivity contribution < 1.29 is 13.9 Å². The van der Waals surface area contributed by atoms with Gasteiger partial charge in [0.2, 0.25) is 0 Å². The first-order valence-electron chi connectivity index (χ1n) is 8.22. The predicted octanol–water partition coefficient (Wildman–Crippen LogP) is 4.20. The van der Waals surface area contributed by atoms with Crippen molar-refractivity contribution >= 4 is 23.2 Å². The number of methoxy groups -OCH3 is 1. The molecule has 2 aromatic carbocycles. The Labute approximate surface area is 151 Å². The van der Waals surface area contributed by atoms with E-state index in [9.17, 15) is 9.18 Å². The highest BCUT2D eigenvalue weighted by Gasteiger charge is 2.26. The molecule has 1 aliphatic rings. The van der Waals surface area contributed by atoms with Crippen LogP contribution in [-0.2, 0) is 0 Å². The molecule has 0 bridgehead atoms. The number of hydrogen-bond acceptors (Lipinski definition) is 3. The summed E-state index contributed by atoms with van der Waals surface area (Å²) in [5.41, 5.74) is 1.03. The average Bonchev–Trinajstić information content (AvgIpc) is 2.62. The van der Waals surface area contributed by atoms with E-state index in [0.717, 1.165) is 24.3 Å². The van der Waals surface area contributed by atoms with Crippen molar-refractivity contribution in [2.24, 2.45) is 0 Å². The van der Waals surface area contributed by atoms with Crippen molar-refractivity contribution in [2.75, 3.05) is 25.5 Å². The van der Waals surface area contributed by atoms with Gasteiger partial charge in [-0.2, -0.15) is 0 Å². The van der Waals surface area contributed by atoms with Gasteiger partial charge < -0.3 is 15.0 Å². The van der Waals surface area contributed by atoms with Gasteiger partial charge in [-0.1, -0.05) is 11.6 Å². The highest BCUT2D eigenvalue weighted by atomic mass is 35.5. The van der Waals surface area contributed by atoms with Crippen LogP contribution in [-0.4, -0.2) is 37.0 Å². The number of nitrogens with one attached hydrogen (secondary N) is 1. The van der Waals surface area contributed by atoms with Crippen molar-refractivity contribution in [1.82, 2.24) is 4.90 Å². The normalized spacial score (nSPS) is 17.2. The van der Waals surface area contributed by atoms with Crippen LogP contribution in [0.15, 0.2) is 42.5 Å². The minimum Gasteiger partial charge on any atom is -0.497 e. The fourth-order valence-electron chi connectivity index (χ4n) is 3.04. The van der Waals surface area contributed by atoms with Crippen molar-refractivity contribution in [3.8, 4) is 5.75 Å². The summed E-state index contributed by atoms with van der Waals surface area (Å²) in [5.74, 6) is -0.0812. The molecule has 1 amide bonds. The second-order valence-corrected chi connectivity index (χ2v) is 6.52. The third-order valence-electron chi connectivity index (χ3n) is 4.33. The molecule has 0 radical (unpaired) electrons. The lowest BCUT2D eigenvalue weighted by molar-refractivity contribution is 0.0710. The summed E-state index contributed by atoms with van der Waals surface area (Å²) in [5, 5.41) is 3.71. The van der Waals surface area contributed by atoms with Crippen LogP contribution >= 0.6 is 11.6 Å². The minimum atomic E-state index is -0.581. The van der Waals surface area contributed by atoms with E-state index < -0.39 is 5.82 Å². The number of halogens is 2. The zero-order valence-electron chi connectivity index (χ0n) is 14.0. The Hall–Kier alpha value is -2.27. The van der Waals surface area contributed by atoms with Crippen LogP contribution in [0.1, 0.15) is 23.2 Å². The Morgan fingerprint density at radius 1 is 1.28 bits per heavy atom. The number of benzene rings is 2. The largest absolute Gasteiger partial charge is 0.497 e. The van der Waals surface area contributed by atoms with Crippen LogP contribution in [0.3, 0.4) is 0 Å². The van der Waals surface area contributed by atoms with Gasteiger partial charge in [-0.15, -0.1) is 0 Å². The predicted molar refractivity (Wildman–Crippen MR) is 97.0 cm³/mol. The summed E-state index contributed by atoms with van der Waals surface area (Å²) >= 11 is 5.76. The Morgan fingerprint density at radius 2 is 2.04 bits per heavy atom. The maximum absolute atomic E-state index is 14.0. The van der Waals surface area contributed by atoms with Gasteiger partial charge in [0.05, 0.1) is 12.7 Å². The Morgan fingerprint density at radius 3 is 2.72 bits per heavy atom. The van der Waals surface area contributed by atoms with Crippen LogP contribution in [0.4, 0.5) is 10.1 Å². The van der Waals surface area contributed by atoms with Gasteiger partial charge in [0.1, 0.15) is 11.6 Å². The van der Waals surface area contributed by atoms with E-state index in [1.807, 2.05) is 24.3 Å². The molecule has 0 aliphatic carbocycles. The molecule has 4 nitrogen and oxygen atoms in total. The molecule has 1 fully saturated rings. The van der Waals surface area contributed by atoms with Gasteiger partial charge in [0.25, 0.3) is 5.91 Å². The number of carbonyl (C=O) groups is 1. The number of ether oxygens (including phenoxy) is 1. The monoisotopic (exact) mass is 362 g/mol. The number of anilines is 1. The van der Waals surface area contributed by atoms with Crippen LogP contribution in [0, 0.1) is 5.82 Å².